The Morgan fingerprint density at radius 3 is 2.14 bits per heavy atom. The zero-order chi connectivity index (χ0) is 9.80. The third kappa shape index (κ3) is 2.32. The third-order valence-electron chi connectivity index (χ3n) is 4.75. The van der Waals surface area contributed by atoms with E-state index in [0.717, 1.165) is 17.8 Å². The predicted octanol–water partition coefficient (Wildman–Crippen LogP) is 4.78. The summed E-state index contributed by atoms with van der Waals surface area (Å²) in [6, 6.07) is 0. The minimum Gasteiger partial charge on any atom is -0.0651 e. The van der Waals surface area contributed by atoms with Gasteiger partial charge in [-0.05, 0) is 24.2 Å². The minimum absolute atomic E-state index is 1.09. The van der Waals surface area contributed by atoms with E-state index in [9.17, 15) is 0 Å². The zero-order valence-corrected chi connectivity index (χ0v) is 9.80. The fraction of sp³-hybridized carbons (Fsp3) is 1.00. The maximum Gasteiger partial charge on any atom is -0.0358 e. The van der Waals surface area contributed by atoms with Crippen molar-refractivity contribution in [2.75, 3.05) is 0 Å². The maximum atomic E-state index is 2.41. The van der Waals surface area contributed by atoms with Crippen LogP contribution in [0.15, 0.2) is 0 Å². The van der Waals surface area contributed by atoms with E-state index >= 15 is 0 Å². The van der Waals surface area contributed by atoms with Gasteiger partial charge in [0.2, 0.25) is 0 Å². The van der Waals surface area contributed by atoms with Crippen LogP contribution in [0.4, 0.5) is 0 Å². The highest BCUT2D eigenvalue weighted by molar-refractivity contribution is 4.82. The molecule has 14 heavy (non-hydrogen) atoms. The topological polar surface area (TPSA) is 0 Å². The summed E-state index contributed by atoms with van der Waals surface area (Å²) in [6.07, 6.45) is 15.3. The van der Waals surface area contributed by atoms with Gasteiger partial charge in [-0.1, -0.05) is 64.7 Å². The number of hydrogen-bond donors (Lipinski definition) is 0. The van der Waals surface area contributed by atoms with Crippen molar-refractivity contribution in [1.29, 1.82) is 0 Å². The van der Waals surface area contributed by atoms with E-state index in [-0.39, 0.29) is 0 Å². The second kappa shape index (κ2) is 5.19. The van der Waals surface area contributed by atoms with Crippen molar-refractivity contribution < 1.29 is 0 Å². The van der Waals surface area contributed by atoms with E-state index in [4.69, 9.17) is 0 Å². The molecule has 2 atom stereocenters. The van der Waals surface area contributed by atoms with Gasteiger partial charge in [0.05, 0.1) is 0 Å². The van der Waals surface area contributed by atoms with Gasteiger partial charge < -0.3 is 0 Å². The van der Waals surface area contributed by atoms with Crippen LogP contribution < -0.4 is 0 Å². The first kappa shape index (κ1) is 10.5. The normalized spacial score (nSPS) is 35.8. The van der Waals surface area contributed by atoms with Gasteiger partial charge in [0.25, 0.3) is 0 Å². The monoisotopic (exact) mass is 194 g/mol. The lowest BCUT2D eigenvalue weighted by atomic mass is 9.67. The van der Waals surface area contributed by atoms with Crippen molar-refractivity contribution in [2.45, 2.75) is 71.1 Å². The van der Waals surface area contributed by atoms with E-state index in [2.05, 4.69) is 6.92 Å². The molecule has 0 aromatic rings. The Labute approximate surface area is 89.5 Å². The van der Waals surface area contributed by atoms with Crippen LogP contribution in [0, 0.1) is 17.8 Å². The van der Waals surface area contributed by atoms with Gasteiger partial charge in [0, 0.05) is 0 Å². The minimum atomic E-state index is 1.09. The number of hydrogen-bond acceptors (Lipinski definition) is 0. The van der Waals surface area contributed by atoms with Crippen molar-refractivity contribution in [2.24, 2.45) is 17.8 Å². The average molecular weight is 194 g/mol. The van der Waals surface area contributed by atoms with Crippen LogP contribution in [-0.4, -0.2) is 0 Å². The zero-order valence-electron chi connectivity index (χ0n) is 9.80. The molecular formula is C14H26. The molecule has 0 N–H and O–H groups in total. The van der Waals surface area contributed by atoms with E-state index in [1.165, 1.54) is 44.9 Å². The van der Waals surface area contributed by atoms with E-state index in [1.54, 1.807) is 19.3 Å². The summed E-state index contributed by atoms with van der Waals surface area (Å²) < 4.78 is 0. The van der Waals surface area contributed by atoms with Gasteiger partial charge in [0.15, 0.2) is 0 Å². The van der Waals surface area contributed by atoms with Gasteiger partial charge >= 0.3 is 0 Å². The molecule has 0 radical (unpaired) electrons. The molecule has 0 amide bonds. The molecule has 2 rings (SSSR count). The molecule has 0 aromatic heterocycles. The van der Waals surface area contributed by atoms with Gasteiger partial charge in [-0.2, -0.15) is 0 Å². The quantitative estimate of drug-likeness (QED) is 0.593. The Morgan fingerprint density at radius 1 is 0.786 bits per heavy atom. The Morgan fingerprint density at radius 2 is 1.43 bits per heavy atom. The van der Waals surface area contributed by atoms with E-state index in [1.807, 2.05) is 0 Å². The Hall–Kier alpha value is 0. The molecule has 2 aliphatic rings. The maximum absolute atomic E-state index is 2.41. The molecule has 0 unspecified atom stereocenters. The molecule has 0 aromatic carbocycles. The lowest BCUT2D eigenvalue weighted by Crippen LogP contribution is -2.28. The third-order valence-corrected chi connectivity index (χ3v) is 4.75. The molecule has 2 fully saturated rings. The van der Waals surface area contributed by atoms with Crippen LogP contribution in [0.5, 0.6) is 0 Å². The summed E-state index contributed by atoms with van der Waals surface area (Å²) in [4.78, 5) is 0. The molecular weight excluding hydrogens is 168 g/mol. The summed E-state index contributed by atoms with van der Waals surface area (Å²) in [5.41, 5.74) is 0. The largest absolute Gasteiger partial charge is 0.0651 e. The predicted molar refractivity (Wildman–Crippen MR) is 62.3 cm³/mol. The lowest BCUT2D eigenvalue weighted by molar-refractivity contribution is 0.125. The Kier molecular flexibility index (Phi) is 3.89. The van der Waals surface area contributed by atoms with Gasteiger partial charge in [-0.15, -0.1) is 0 Å². The smallest absolute Gasteiger partial charge is 0.0358 e. The van der Waals surface area contributed by atoms with Crippen LogP contribution in [-0.2, 0) is 0 Å². The van der Waals surface area contributed by atoms with Crippen molar-refractivity contribution in [3.8, 4) is 0 Å². The second-order valence-corrected chi connectivity index (χ2v) is 5.51. The van der Waals surface area contributed by atoms with Gasteiger partial charge in [0.1, 0.15) is 0 Å². The fourth-order valence-corrected chi connectivity index (χ4v) is 3.93. The first-order valence-electron chi connectivity index (χ1n) is 6.92. The van der Waals surface area contributed by atoms with Crippen LogP contribution in [0.3, 0.4) is 0 Å². The van der Waals surface area contributed by atoms with E-state index < -0.39 is 0 Å². The molecule has 0 spiro atoms. The molecule has 82 valence electrons. The van der Waals surface area contributed by atoms with Crippen LogP contribution in [0.2, 0.25) is 0 Å². The van der Waals surface area contributed by atoms with Crippen molar-refractivity contribution in [3.63, 3.8) is 0 Å². The van der Waals surface area contributed by atoms with E-state index in [0.29, 0.717) is 0 Å². The molecule has 2 aliphatic carbocycles. The highest BCUT2D eigenvalue weighted by atomic mass is 14.4. The molecule has 0 aliphatic heterocycles. The summed E-state index contributed by atoms with van der Waals surface area (Å²) >= 11 is 0. The van der Waals surface area contributed by atoms with Gasteiger partial charge in [-0.25, -0.2) is 0 Å². The van der Waals surface area contributed by atoms with Crippen LogP contribution in [0.25, 0.3) is 0 Å². The summed E-state index contributed by atoms with van der Waals surface area (Å²) in [5, 5.41) is 0. The second-order valence-electron chi connectivity index (χ2n) is 5.51. The summed E-state index contributed by atoms with van der Waals surface area (Å²) in [5.74, 6) is 3.33. The Balaban J connectivity index is 1.91. The Bertz CT molecular complexity index is 155. The van der Waals surface area contributed by atoms with Crippen LogP contribution >= 0.6 is 0 Å². The highest BCUT2D eigenvalue weighted by Gasteiger charge is 2.31. The fourth-order valence-electron chi connectivity index (χ4n) is 3.93. The summed E-state index contributed by atoms with van der Waals surface area (Å²) in [6.45, 7) is 2.41. The number of rotatable bonds is 2. The lowest BCUT2D eigenvalue weighted by Gasteiger charge is -2.38. The van der Waals surface area contributed by atoms with Crippen molar-refractivity contribution >= 4 is 0 Å². The highest BCUT2D eigenvalue weighted by Crippen LogP contribution is 2.42. The molecule has 0 bridgehead atoms. The standard InChI is InChI=1S/C14H26/c1-2-12-8-6-7-11-14(12)13-9-4-3-5-10-13/h12-14H,2-11H2,1H3/t12-,14+/m1/s1. The van der Waals surface area contributed by atoms with Crippen molar-refractivity contribution in [3.05, 3.63) is 0 Å². The van der Waals surface area contributed by atoms with Crippen LogP contribution in [0.1, 0.15) is 71.1 Å². The molecule has 0 heteroatoms. The molecule has 0 nitrogen and oxygen atoms in total. The first-order chi connectivity index (χ1) is 6.92. The first-order valence-corrected chi connectivity index (χ1v) is 6.92. The average Bonchev–Trinajstić information content (AvgIpc) is 2.30. The SMILES string of the molecule is CC[C@@H]1CCCC[C@@H]1C1CCCCC1. The van der Waals surface area contributed by atoms with Gasteiger partial charge in [-0.3, -0.25) is 0 Å². The molecule has 0 heterocycles. The van der Waals surface area contributed by atoms with Crippen molar-refractivity contribution in [1.82, 2.24) is 0 Å². The summed E-state index contributed by atoms with van der Waals surface area (Å²) in [7, 11) is 0. The molecule has 2 saturated carbocycles. The molecule has 0 saturated heterocycles.